The van der Waals surface area contributed by atoms with E-state index in [2.05, 4.69) is 22.3 Å². The topological polar surface area (TPSA) is 52.6 Å². The second-order valence-corrected chi connectivity index (χ2v) is 6.35. The first-order valence-electron chi connectivity index (χ1n) is 8.52. The number of likely N-dealkylation sites (tertiary alicyclic amines) is 1. The number of aliphatic hydroxyl groups excluding tert-OH is 1. The Morgan fingerprint density at radius 2 is 2.13 bits per heavy atom. The third-order valence-corrected chi connectivity index (χ3v) is 4.42. The fourth-order valence-electron chi connectivity index (χ4n) is 2.96. The summed E-state index contributed by atoms with van der Waals surface area (Å²) in [5, 5.41) is 12.2. The molecule has 0 radical (unpaired) electrons. The molecule has 1 aromatic rings. The highest BCUT2D eigenvalue weighted by atomic mass is 16.3. The van der Waals surface area contributed by atoms with E-state index in [9.17, 15) is 9.90 Å². The number of nitrogens with one attached hydrogen (secondary N) is 1. The van der Waals surface area contributed by atoms with Crippen LogP contribution in [-0.2, 0) is 11.3 Å². The highest BCUT2D eigenvalue weighted by Crippen LogP contribution is 2.20. The van der Waals surface area contributed by atoms with Crippen LogP contribution in [-0.4, -0.2) is 35.6 Å². The first kappa shape index (κ1) is 17.7. The standard InChI is InChI=1S/C19H28N2O2/c1-3-5-15(2)19(23)20-18-7-4-6-17(12-18)13-21-10-8-16(14-22)9-11-21/h4-7,12,16,22H,3,8-11,13-14H2,1-2H3,(H,20,23)/b15-5-. The first-order valence-corrected chi connectivity index (χ1v) is 8.52. The van der Waals surface area contributed by atoms with Gasteiger partial charge in [-0.3, -0.25) is 9.69 Å². The summed E-state index contributed by atoms with van der Waals surface area (Å²) >= 11 is 0. The summed E-state index contributed by atoms with van der Waals surface area (Å²) in [7, 11) is 0. The molecule has 0 aliphatic carbocycles. The third-order valence-electron chi connectivity index (χ3n) is 4.42. The van der Waals surface area contributed by atoms with E-state index in [1.165, 1.54) is 5.56 Å². The van der Waals surface area contributed by atoms with Gasteiger partial charge >= 0.3 is 0 Å². The van der Waals surface area contributed by atoms with Crippen LogP contribution in [0.3, 0.4) is 0 Å². The zero-order valence-corrected chi connectivity index (χ0v) is 14.2. The molecule has 1 aliphatic rings. The van der Waals surface area contributed by atoms with Gasteiger partial charge in [0.1, 0.15) is 0 Å². The largest absolute Gasteiger partial charge is 0.396 e. The first-order chi connectivity index (χ1) is 11.1. The molecule has 0 unspecified atom stereocenters. The minimum absolute atomic E-state index is 0.0345. The minimum atomic E-state index is -0.0345. The zero-order chi connectivity index (χ0) is 16.7. The molecule has 0 spiro atoms. The lowest BCUT2D eigenvalue weighted by molar-refractivity contribution is -0.112. The van der Waals surface area contributed by atoms with Crippen molar-refractivity contribution in [1.29, 1.82) is 0 Å². The molecule has 2 N–H and O–H groups in total. The number of aliphatic hydroxyl groups is 1. The maximum Gasteiger partial charge on any atom is 0.250 e. The number of carbonyl (C=O) groups is 1. The number of benzene rings is 1. The van der Waals surface area contributed by atoms with Gasteiger partial charge in [0, 0.05) is 24.4 Å². The number of piperidine rings is 1. The van der Waals surface area contributed by atoms with Crippen molar-refractivity contribution in [3.8, 4) is 0 Å². The fourth-order valence-corrected chi connectivity index (χ4v) is 2.96. The summed E-state index contributed by atoms with van der Waals surface area (Å²) in [5.41, 5.74) is 2.81. The van der Waals surface area contributed by atoms with Crippen molar-refractivity contribution in [2.45, 2.75) is 39.7 Å². The average molecular weight is 316 g/mol. The molecule has 1 aromatic carbocycles. The van der Waals surface area contributed by atoms with Crippen LogP contribution in [0.1, 0.15) is 38.7 Å². The summed E-state index contributed by atoms with van der Waals surface area (Å²) < 4.78 is 0. The van der Waals surface area contributed by atoms with Gasteiger partial charge in [-0.25, -0.2) is 0 Å². The Hall–Kier alpha value is -1.65. The molecule has 1 aliphatic heterocycles. The summed E-state index contributed by atoms with van der Waals surface area (Å²) in [6.45, 7) is 7.12. The Bertz CT molecular complexity index is 546. The van der Waals surface area contributed by atoms with Crippen LogP contribution in [0.5, 0.6) is 0 Å². The van der Waals surface area contributed by atoms with Crippen LogP contribution >= 0.6 is 0 Å². The van der Waals surface area contributed by atoms with Crippen molar-refractivity contribution >= 4 is 11.6 Å². The maximum absolute atomic E-state index is 12.1. The van der Waals surface area contributed by atoms with Crippen molar-refractivity contribution in [3.05, 3.63) is 41.5 Å². The fraction of sp³-hybridized carbons (Fsp3) is 0.526. The van der Waals surface area contributed by atoms with Gasteiger partial charge in [0.25, 0.3) is 5.91 Å². The van der Waals surface area contributed by atoms with Gasteiger partial charge in [-0.05, 0) is 62.9 Å². The van der Waals surface area contributed by atoms with Crippen LogP contribution in [0.25, 0.3) is 0 Å². The third kappa shape index (κ3) is 5.48. The van der Waals surface area contributed by atoms with Gasteiger partial charge in [-0.15, -0.1) is 0 Å². The Balaban J connectivity index is 1.92. The molecule has 1 amide bonds. The quantitative estimate of drug-likeness (QED) is 0.793. The van der Waals surface area contributed by atoms with Gasteiger partial charge in [-0.1, -0.05) is 25.1 Å². The molecule has 1 saturated heterocycles. The average Bonchev–Trinajstić information content (AvgIpc) is 2.56. The number of carbonyl (C=O) groups excluding carboxylic acids is 1. The molecule has 1 fully saturated rings. The molecule has 2 rings (SSSR count). The monoisotopic (exact) mass is 316 g/mol. The van der Waals surface area contributed by atoms with E-state index in [4.69, 9.17) is 0 Å². The summed E-state index contributed by atoms with van der Waals surface area (Å²) in [4.78, 5) is 14.5. The maximum atomic E-state index is 12.1. The number of rotatable bonds is 6. The van der Waals surface area contributed by atoms with Crippen molar-refractivity contribution in [3.63, 3.8) is 0 Å². The van der Waals surface area contributed by atoms with E-state index in [-0.39, 0.29) is 5.91 Å². The van der Waals surface area contributed by atoms with Crippen molar-refractivity contribution < 1.29 is 9.90 Å². The summed E-state index contributed by atoms with van der Waals surface area (Å²) in [5.74, 6) is 0.429. The van der Waals surface area contributed by atoms with E-state index in [0.29, 0.717) is 12.5 Å². The zero-order valence-electron chi connectivity index (χ0n) is 14.2. The van der Waals surface area contributed by atoms with Gasteiger partial charge in [0.15, 0.2) is 0 Å². The molecule has 0 atom stereocenters. The van der Waals surface area contributed by atoms with Crippen LogP contribution in [0, 0.1) is 5.92 Å². The Morgan fingerprint density at radius 3 is 2.78 bits per heavy atom. The van der Waals surface area contributed by atoms with E-state index in [0.717, 1.165) is 50.2 Å². The molecule has 4 nitrogen and oxygen atoms in total. The Morgan fingerprint density at radius 1 is 1.39 bits per heavy atom. The molecular formula is C19H28N2O2. The lowest BCUT2D eigenvalue weighted by Gasteiger charge is -2.31. The summed E-state index contributed by atoms with van der Waals surface area (Å²) in [6, 6.07) is 8.07. The number of hydrogen-bond acceptors (Lipinski definition) is 3. The van der Waals surface area contributed by atoms with Gasteiger partial charge in [-0.2, -0.15) is 0 Å². The van der Waals surface area contributed by atoms with E-state index in [1.807, 2.05) is 32.1 Å². The number of hydrogen-bond donors (Lipinski definition) is 2. The van der Waals surface area contributed by atoms with Crippen LogP contribution in [0.2, 0.25) is 0 Å². The Kier molecular flexibility index (Phi) is 6.81. The number of nitrogens with zero attached hydrogens (tertiary/aromatic N) is 1. The normalized spacial score (nSPS) is 17.3. The highest BCUT2D eigenvalue weighted by molar-refractivity contribution is 6.03. The number of amides is 1. The lowest BCUT2D eigenvalue weighted by Crippen LogP contribution is -2.34. The van der Waals surface area contributed by atoms with Gasteiger partial charge < -0.3 is 10.4 Å². The van der Waals surface area contributed by atoms with Crippen LogP contribution in [0.15, 0.2) is 35.9 Å². The predicted molar refractivity (Wildman–Crippen MR) is 94.2 cm³/mol. The smallest absolute Gasteiger partial charge is 0.250 e. The highest BCUT2D eigenvalue weighted by Gasteiger charge is 2.18. The molecule has 0 saturated carbocycles. The number of allylic oxidation sites excluding steroid dienone is 1. The minimum Gasteiger partial charge on any atom is -0.396 e. The van der Waals surface area contributed by atoms with Crippen molar-refractivity contribution in [1.82, 2.24) is 4.90 Å². The molecule has 4 heteroatoms. The van der Waals surface area contributed by atoms with Gasteiger partial charge in [0.2, 0.25) is 0 Å². The van der Waals surface area contributed by atoms with Crippen LogP contribution < -0.4 is 5.32 Å². The predicted octanol–water partition coefficient (Wildman–Crippen LogP) is 3.19. The molecule has 126 valence electrons. The second-order valence-electron chi connectivity index (χ2n) is 6.35. The van der Waals surface area contributed by atoms with E-state index < -0.39 is 0 Å². The van der Waals surface area contributed by atoms with E-state index in [1.54, 1.807) is 0 Å². The number of anilines is 1. The van der Waals surface area contributed by atoms with E-state index >= 15 is 0 Å². The SMILES string of the molecule is CC/C=C(/C)C(=O)Nc1cccc(CN2CCC(CO)CC2)c1. The van der Waals surface area contributed by atoms with Crippen LogP contribution in [0.4, 0.5) is 5.69 Å². The molecule has 23 heavy (non-hydrogen) atoms. The Labute approximate surface area is 139 Å². The summed E-state index contributed by atoms with van der Waals surface area (Å²) in [6.07, 6.45) is 4.93. The van der Waals surface area contributed by atoms with Crippen molar-refractivity contribution in [2.24, 2.45) is 5.92 Å². The molecule has 0 bridgehead atoms. The molecule has 1 heterocycles. The molecule has 0 aromatic heterocycles. The molecular weight excluding hydrogens is 288 g/mol. The van der Waals surface area contributed by atoms with Crippen molar-refractivity contribution in [2.75, 3.05) is 25.0 Å². The van der Waals surface area contributed by atoms with Gasteiger partial charge in [0.05, 0.1) is 0 Å². The second kappa shape index (κ2) is 8.85. The lowest BCUT2D eigenvalue weighted by atomic mass is 9.97.